The molecule has 0 aliphatic carbocycles. The minimum absolute atomic E-state index is 0.414. The number of aryl methyl sites for hydroxylation is 4. The summed E-state index contributed by atoms with van der Waals surface area (Å²) in [4.78, 5) is 21.6. The summed E-state index contributed by atoms with van der Waals surface area (Å²) in [7, 11) is -4.64. The van der Waals surface area contributed by atoms with E-state index in [0.717, 1.165) is 22.3 Å². The normalized spacial score (nSPS) is 10.0. The van der Waals surface area contributed by atoms with Crippen LogP contribution < -0.4 is 0 Å². The van der Waals surface area contributed by atoms with Crippen LogP contribution in [0.1, 0.15) is 22.3 Å². The molecule has 0 fully saturated rings. The van der Waals surface area contributed by atoms with Gasteiger partial charge in [-0.3, -0.25) is 0 Å². The Labute approximate surface area is 135 Å². The lowest BCUT2D eigenvalue weighted by Gasteiger charge is -1.99. The van der Waals surface area contributed by atoms with Crippen molar-refractivity contribution in [2.75, 3.05) is 0 Å². The van der Waals surface area contributed by atoms with Crippen LogP contribution in [0.3, 0.4) is 0 Å². The van der Waals surface area contributed by atoms with Gasteiger partial charge in [0.2, 0.25) is 0 Å². The van der Waals surface area contributed by atoms with Gasteiger partial charge in [0.25, 0.3) is 0 Å². The average molecular weight is 342 g/mol. The van der Waals surface area contributed by atoms with Crippen molar-refractivity contribution in [2.24, 2.45) is 0 Å². The molecule has 128 valence electrons. The first-order valence-electron chi connectivity index (χ1n) is 6.72. The molecular formula is C16H23O6P. The number of para-hydroxylation sites is 2. The molecular weight excluding hydrogens is 319 g/mol. The fraction of sp³-hybridized carbons (Fsp3) is 0.250. The Bertz CT molecular complexity index is 580. The highest BCUT2D eigenvalue weighted by Crippen LogP contribution is 2.25. The van der Waals surface area contributed by atoms with E-state index >= 15 is 0 Å². The number of hydrogen-bond acceptors (Lipinski definition) is 3. The first-order chi connectivity index (χ1) is 10.4. The molecule has 0 aliphatic rings. The number of rotatable bonds is 0. The standard InChI is InChI=1S/2C8H10O.H3O4P/c2*1-6-4-3-5-7(2)8(6)9;1-5(2,3)4/h2*3-5,9H,1-2H3;(H3,1,2,3,4). The van der Waals surface area contributed by atoms with Crippen LogP contribution in [0, 0.1) is 27.7 Å². The Hall–Kier alpha value is -1.85. The van der Waals surface area contributed by atoms with Crippen LogP contribution in [-0.2, 0) is 4.57 Å². The zero-order valence-corrected chi connectivity index (χ0v) is 14.5. The van der Waals surface area contributed by atoms with Gasteiger partial charge in [0, 0.05) is 0 Å². The van der Waals surface area contributed by atoms with Crippen molar-refractivity contribution in [1.29, 1.82) is 0 Å². The predicted molar refractivity (Wildman–Crippen MR) is 89.4 cm³/mol. The lowest BCUT2D eigenvalue weighted by atomic mass is 10.1. The van der Waals surface area contributed by atoms with Crippen molar-refractivity contribution in [2.45, 2.75) is 27.7 Å². The van der Waals surface area contributed by atoms with Gasteiger partial charge in [-0.1, -0.05) is 36.4 Å². The van der Waals surface area contributed by atoms with Crippen molar-refractivity contribution in [3.05, 3.63) is 58.7 Å². The van der Waals surface area contributed by atoms with Crippen molar-refractivity contribution >= 4 is 7.82 Å². The quantitative estimate of drug-likeness (QED) is 0.470. The molecule has 23 heavy (non-hydrogen) atoms. The Morgan fingerprint density at radius 2 is 0.826 bits per heavy atom. The van der Waals surface area contributed by atoms with E-state index in [1.807, 2.05) is 64.1 Å². The monoisotopic (exact) mass is 342 g/mol. The smallest absolute Gasteiger partial charge is 0.466 e. The van der Waals surface area contributed by atoms with Gasteiger partial charge in [-0.25, -0.2) is 4.57 Å². The molecule has 0 saturated carbocycles. The summed E-state index contributed by atoms with van der Waals surface area (Å²) in [5.41, 5.74) is 3.76. The molecule has 7 heteroatoms. The molecule has 2 aromatic rings. The van der Waals surface area contributed by atoms with Crippen molar-refractivity contribution in [3.8, 4) is 11.5 Å². The molecule has 6 nitrogen and oxygen atoms in total. The fourth-order valence-corrected chi connectivity index (χ4v) is 1.61. The summed E-state index contributed by atoms with van der Waals surface area (Å²) < 4.78 is 8.88. The average Bonchev–Trinajstić information content (AvgIpc) is 2.41. The Morgan fingerprint density at radius 3 is 0.957 bits per heavy atom. The van der Waals surface area contributed by atoms with Crippen molar-refractivity contribution < 1.29 is 29.5 Å². The van der Waals surface area contributed by atoms with Crippen LogP contribution in [0.2, 0.25) is 0 Å². The minimum Gasteiger partial charge on any atom is -0.507 e. The maximum atomic E-state index is 9.21. The van der Waals surface area contributed by atoms with Gasteiger partial charge < -0.3 is 24.9 Å². The predicted octanol–water partition coefficient (Wildman–Crippen LogP) is 3.09. The van der Waals surface area contributed by atoms with Crippen LogP contribution in [0.25, 0.3) is 0 Å². The van der Waals surface area contributed by atoms with E-state index in [1.165, 1.54) is 0 Å². The Balaban J connectivity index is 0.000000332. The highest BCUT2D eigenvalue weighted by molar-refractivity contribution is 7.45. The molecule has 5 N–H and O–H groups in total. The Morgan fingerprint density at radius 1 is 0.652 bits per heavy atom. The second-order valence-corrected chi connectivity index (χ2v) is 6.02. The van der Waals surface area contributed by atoms with Gasteiger partial charge in [0.1, 0.15) is 11.5 Å². The molecule has 0 heterocycles. The van der Waals surface area contributed by atoms with E-state index in [1.54, 1.807) is 0 Å². The van der Waals surface area contributed by atoms with Crippen molar-refractivity contribution in [1.82, 2.24) is 0 Å². The van der Waals surface area contributed by atoms with Crippen LogP contribution in [0.5, 0.6) is 11.5 Å². The summed E-state index contributed by atoms with van der Waals surface area (Å²) in [6, 6.07) is 11.4. The summed E-state index contributed by atoms with van der Waals surface area (Å²) in [5.74, 6) is 0.829. The van der Waals surface area contributed by atoms with Crippen molar-refractivity contribution in [3.63, 3.8) is 0 Å². The summed E-state index contributed by atoms with van der Waals surface area (Å²) >= 11 is 0. The third kappa shape index (κ3) is 9.71. The first kappa shape index (κ1) is 21.1. The van der Waals surface area contributed by atoms with E-state index in [0.29, 0.717) is 11.5 Å². The summed E-state index contributed by atoms with van der Waals surface area (Å²) in [5, 5.41) is 18.4. The van der Waals surface area contributed by atoms with E-state index in [2.05, 4.69) is 0 Å². The molecule has 0 radical (unpaired) electrons. The third-order valence-electron chi connectivity index (χ3n) is 2.88. The topological polar surface area (TPSA) is 118 Å². The van der Waals surface area contributed by atoms with Crippen LogP contribution in [0.4, 0.5) is 0 Å². The largest absolute Gasteiger partial charge is 0.507 e. The molecule has 2 rings (SSSR count). The SMILES string of the molecule is Cc1cccc(C)c1O.Cc1cccc(C)c1O.O=P(O)(O)O. The van der Waals surface area contributed by atoms with Gasteiger partial charge in [0.05, 0.1) is 0 Å². The maximum absolute atomic E-state index is 9.21. The van der Waals surface area contributed by atoms with Gasteiger partial charge in [-0.15, -0.1) is 0 Å². The number of aromatic hydroxyl groups is 2. The molecule has 0 aliphatic heterocycles. The first-order valence-corrected chi connectivity index (χ1v) is 8.28. The highest BCUT2D eigenvalue weighted by Gasteiger charge is 2.00. The number of phenolic OH excluding ortho intramolecular Hbond substituents is 2. The lowest BCUT2D eigenvalue weighted by Crippen LogP contribution is -1.76. The number of hydrogen-bond donors (Lipinski definition) is 5. The van der Waals surface area contributed by atoms with Crippen LogP contribution >= 0.6 is 7.82 Å². The van der Waals surface area contributed by atoms with E-state index in [-0.39, 0.29) is 0 Å². The highest BCUT2D eigenvalue weighted by atomic mass is 31.2. The number of phenols is 2. The molecule has 0 atom stereocenters. The second kappa shape index (κ2) is 9.33. The third-order valence-corrected chi connectivity index (χ3v) is 2.88. The van der Waals surface area contributed by atoms with Crippen LogP contribution in [0.15, 0.2) is 36.4 Å². The Kier molecular flexibility index (Phi) is 8.58. The van der Waals surface area contributed by atoms with Gasteiger partial charge in [-0.05, 0) is 49.9 Å². The zero-order valence-electron chi connectivity index (χ0n) is 13.6. The fourth-order valence-electron chi connectivity index (χ4n) is 1.61. The molecule has 0 aromatic heterocycles. The molecule has 0 unspecified atom stereocenters. The zero-order chi connectivity index (χ0) is 18.2. The summed E-state index contributed by atoms with van der Waals surface area (Å²) in [6.45, 7) is 7.56. The molecule has 0 spiro atoms. The number of benzene rings is 2. The number of phosphoric acid groups is 1. The lowest BCUT2D eigenvalue weighted by molar-refractivity contribution is 0.275. The van der Waals surface area contributed by atoms with Crippen LogP contribution in [-0.4, -0.2) is 24.9 Å². The van der Waals surface area contributed by atoms with E-state index in [4.69, 9.17) is 19.2 Å². The van der Waals surface area contributed by atoms with E-state index < -0.39 is 7.82 Å². The molecule has 0 saturated heterocycles. The summed E-state index contributed by atoms with van der Waals surface area (Å²) in [6.07, 6.45) is 0. The van der Waals surface area contributed by atoms with Gasteiger partial charge in [-0.2, -0.15) is 0 Å². The molecule has 0 bridgehead atoms. The molecule has 2 aromatic carbocycles. The maximum Gasteiger partial charge on any atom is 0.466 e. The van der Waals surface area contributed by atoms with E-state index in [9.17, 15) is 10.2 Å². The van der Waals surface area contributed by atoms with Gasteiger partial charge >= 0.3 is 7.82 Å². The van der Waals surface area contributed by atoms with Gasteiger partial charge in [0.15, 0.2) is 0 Å². The second-order valence-electron chi connectivity index (χ2n) is 4.99. The molecule has 0 amide bonds. The minimum atomic E-state index is -4.64.